The van der Waals surface area contributed by atoms with Crippen LogP contribution in [0, 0.1) is 20.8 Å². The molecule has 0 amide bonds. The third-order valence-electron chi connectivity index (χ3n) is 2.54. The van der Waals surface area contributed by atoms with Crippen molar-refractivity contribution >= 4 is 0 Å². The number of rotatable bonds is 3. The molecular weight excluding hydrogens is 196 g/mol. The molecule has 0 heterocycles. The van der Waals surface area contributed by atoms with E-state index in [9.17, 15) is 8.78 Å². The van der Waals surface area contributed by atoms with Crippen molar-refractivity contribution in [3.05, 3.63) is 34.4 Å². The third kappa shape index (κ3) is 2.99. The van der Waals surface area contributed by atoms with Gasteiger partial charge in [0.25, 0.3) is 0 Å². The lowest BCUT2D eigenvalue weighted by molar-refractivity contribution is 0.128. The van der Waals surface area contributed by atoms with E-state index in [0.717, 1.165) is 22.3 Å². The highest BCUT2D eigenvalue weighted by Crippen LogP contribution is 2.25. The van der Waals surface area contributed by atoms with Gasteiger partial charge in [0.15, 0.2) is 0 Å². The summed E-state index contributed by atoms with van der Waals surface area (Å²) in [4.78, 5) is 0. The quantitative estimate of drug-likeness (QED) is 0.819. The first-order valence-corrected chi connectivity index (χ1v) is 5.03. The van der Waals surface area contributed by atoms with Crippen molar-refractivity contribution in [1.82, 2.24) is 0 Å². The number of aryl methyl sites for hydroxylation is 3. The van der Waals surface area contributed by atoms with Crippen molar-refractivity contribution < 1.29 is 8.78 Å². The van der Waals surface area contributed by atoms with Gasteiger partial charge >= 0.3 is 0 Å². The molecule has 0 bridgehead atoms. The molecule has 1 aromatic carbocycles. The van der Waals surface area contributed by atoms with Gasteiger partial charge in [-0.15, -0.1) is 0 Å². The van der Waals surface area contributed by atoms with Crippen molar-refractivity contribution in [1.29, 1.82) is 0 Å². The fraction of sp³-hybridized carbons (Fsp3) is 0.500. The molecule has 0 aromatic heterocycles. The van der Waals surface area contributed by atoms with E-state index in [0.29, 0.717) is 0 Å². The molecule has 0 aliphatic carbocycles. The number of alkyl halides is 2. The highest BCUT2D eigenvalue weighted by Gasteiger charge is 2.16. The Kier molecular flexibility index (Phi) is 3.80. The largest absolute Gasteiger partial charge is 0.324 e. The average Bonchev–Trinajstić information content (AvgIpc) is 1.99. The van der Waals surface area contributed by atoms with Crippen LogP contribution in [0.4, 0.5) is 8.78 Å². The summed E-state index contributed by atoms with van der Waals surface area (Å²) in [5.41, 5.74) is 9.77. The zero-order valence-corrected chi connectivity index (χ0v) is 9.35. The minimum Gasteiger partial charge on any atom is -0.324 e. The van der Waals surface area contributed by atoms with Gasteiger partial charge in [0.2, 0.25) is 6.43 Å². The Balaban J connectivity index is 3.03. The summed E-state index contributed by atoms with van der Waals surface area (Å²) in [6.45, 7) is 5.82. The van der Waals surface area contributed by atoms with E-state index in [1.165, 1.54) is 0 Å². The Morgan fingerprint density at radius 2 is 1.60 bits per heavy atom. The van der Waals surface area contributed by atoms with E-state index >= 15 is 0 Å². The maximum atomic E-state index is 12.2. The number of halogens is 2. The molecule has 0 unspecified atom stereocenters. The van der Waals surface area contributed by atoms with Gasteiger partial charge < -0.3 is 5.73 Å². The minimum atomic E-state index is -2.35. The summed E-state index contributed by atoms with van der Waals surface area (Å²) in [5, 5.41) is 0. The first-order chi connectivity index (χ1) is 6.91. The van der Waals surface area contributed by atoms with E-state index in [4.69, 9.17) is 5.73 Å². The maximum absolute atomic E-state index is 12.2. The molecular formula is C12H17F2N. The van der Waals surface area contributed by atoms with Gasteiger partial charge in [-0.25, -0.2) is 8.78 Å². The third-order valence-corrected chi connectivity index (χ3v) is 2.54. The highest BCUT2D eigenvalue weighted by atomic mass is 19.3. The standard InChI is InChI=1S/C12H17F2N/c1-7-4-8(2)12(9(3)5-7)10(15)6-11(13)14/h4-5,10-11H,6,15H2,1-3H3/t10-/m1/s1. The average molecular weight is 213 g/mol. The van der Waals surface area contributed by atoms with E-state index in [1.807, 2.05) is 32.9 Å². The normalized spacial score (nSPS) is 13.3. The van der Waals surface area contributed by atoms with Crippen molar-refractivity contribution in [2.24, 2.45) is 5.73 Å². The molecule has 15 heavy (non-hydrogen) atoms. The fourth-order valence-corrected chi connectivity index (χ4v) is 2.09. The van der Waals surface area contributed by atoms with Crippen molar-refractivity contribution in [3.8, 4) is 0 Å². The highest BCUT2D eigenvalue weighted by molar-refractivity contribution is 5.39. The SMILES string of the molecule is Cc1cc(C)c([C@H](N)CC(F)F)c(C)c1. The van der Waals surface area contributed by atoms with Crippen LogP contribution in [0.1, 0.15) is 34.7 Å². The van der Waals surface area contributed by atoms with Crippen molar-refractivity contribution in [2.45, 2.75) is 39.7 Å². The van der Waals surface area contributed by atoms with E-state index in [1.54, 1.807) is 0 Å². The molecule has 0 spiro atoms. The van der Waals surface area contributed by atoms with E-state index < -0.39 is 12.5 Å². The van der Waals surface area contributed by atoms with Crippen molar-refractivity contribution in [2.75, 3.05) is 0 Å². The Morgan fingerprint density at radius 1 is 1.13 bits per heavy atom. The van der Waals surface area contributed by atoms with Crippen LogP contribution in [0.25, 0.3) is 0 Å². The lowest BCUT2D eigenvalue weighted by Gasteiger charge is -2.18. The first kappa shape index (κ1) is 12.1. The molecule has 0 saturated heterocycles. The summed E-state index contributed by atoms with van der Waals surface area (Å²) in [7, 11) is 0. The maximum Gasteiger partial charge on any atom is 0.240 e. The van der Waals surface area contributed by atoms with E-state index in [-0.39, 0.29) is 6.42 Å². The van der Waals surface area contributed by atoms with Gasteiger partial charge in [-0.05, 0) is 37.5 Å². The molecule has 0 aliphatic heterocycles. The van der Waals surface area contributed by atoms with Gasteiger partial charge in [0, 0.05) is 12.5 Å². The van der Waals surface area contributed by atoms with Crippen molar-refractivity contribution in [3.63, 3.8) is 0 Å². The van der Waals surface area contributed by atoms with Crippen LogP contribution in [0.15, 0.2) is 12.1 Å². The monoisotopic (exact) mass is 213 g/mol. The Bertz CT molecular complexity index is 324. The Hall–Kier alpha value is -0.960. The van der Waals surface area contributed by atoms with Crippen LogP contribution in [-0.4, -0.2) is 6.43 Å². The predicted octanol–water partition coefficient (Wildman–Crippen LogP) is 3.27. The van der Waals surface area contributed by atoms with Crippen LogP contribution in [0.3, 0.4) is 0 Å². The lowest BCUT2D eigenvalue weighted by Crippen LogP contribution is -2.16. The van der Waals surface area contributed by atoms with Gasteiger partial charge in [0.1, 0.15) is 0 Å². The Morgan fingerprint density at radius 3 is 2.00 bits per heavy atom. The fourth-order valence-electron chi connectivity index (χ4n) is 2.09. The summed E-state index contributed by atoms with van der Waals surface area (Å²) in [6.07, 6.45) is -2.62. The van der Waals surface area contributed by atoms with E-state index in [2.05, 4.69) is 0 Å². The zero-order chi connectivity index (χ0) is 11.6. The second-order valence-electron chi connectivity index (χ2n) is 4.05. The number of nitrogens with two attached hydrogens (primary N) is 1. The number of hydrogen-bond acceptors (Lipinski definition) is 1. The second kappa shape index (κ2) is 4.71. The number of hydrogen-bond donors (Lipinski definition) is 1. The van der Waals surface area contributed by atoms with Crippen LogP contribution >= 0.6 is 0 Å². The smallest absolute Gasteiger partial charge is 0.240 e. The van der Waals surface area contributed by atoms with Gasteiger partial charge in [-0.1, -0.05) is 17.7 Å². The van der Waals surface area contributed by atoms with Gasteiger partial charge in [0.05, 0.1) is 0 Å². The molecule has 2 N–H and O–H groups in total. The predicted molar refractivity (Wildman–Crippen MR) is 58.2 cm³/mol. The molecule has 3 heteroatoms. The molecule has 0 saturated carbocycles. The zero-order valence-electron chi connectivity index (χ0n) is 9.35. The number of benzene rings is 1. The molecule has 1 aromatic rings. The summed E-state index contributed by atoms with van der Waals surface area (Å²) >= 11 is 0. The van der Waals surface area contributed by atoms with Crippen LogP contribution in [0.2, 0.25) is 0 Å². The van der Waals surface area contributed by atoms with Crippen LogP contribution < -0.4 is 5.73 Å². The van der Waals surface area contributed by atoms with Crippen LogP contribution in [0.5, 0.6) is 0 Å². The van der Waals surface area contributed by atoms with Gasteiger partial charge in [-0.3, -0.25) is 0 Å². The molecule has 1 nitrogen and oxygen atoms in total. The lowest BCUT2D eigenvalue weighted by atomic mass is 9.93. The summed E-state index contributed by atoms with van der Waals surface area (Å²) in [6, 6.07) is 3.40. The van der Waals surface area contributed by atoms with Crippen LogP contribution in [-0.2, 0) is 0 Å². The molecule has 1 atom stereocenters. The van der Waals surface area contributed by atoms with Gasteiger partial charge in [-0.2, -0.15) is 0 Å². The topological polar surface area (TPSA) is 26.0 Å². The Labute approximate surface area is 89.3 Å². The molecule has 1 rings (SSSR count). The molecule has 0 aliphatic rings. The second-order valence-corrected chi connectivity index (χ2v) is 4.05. The summed E-state index contributed by atoms with van der Waals surface area (Å²) in [5.74, 6) is 0. The molecule has 0 fully saturated rings. The summed E-state index contributed by atoms with van der Waals surface area (Å²) < 4.78 is 24.5. The molecule has 0 radical (unpaired) electrons. The first-order valence-electron chi connectivity index (χ1n) is 5.03. The minimum absolute atomic E-state index is 0.273. The molecule has 84 valence electrons.